The number of morpholine rings is 1. The van der Waals surface area contributed by atoms with Gasteiger partial charge in [-0.15, -0.1) is 11.3 Å². The van der Waals surface area contributed by atoms with Gasteiger partial charge in [0.05, 0.1) is 24.1 Å². The Kier molecular flexibility index (Phi) is 5.32. The number of hydrogen-bond donors (Lipinski definition) is 1. The Morgan fingerprint density at radius 3 is 2.96 bits per heavy atom. The van der Waals surface area contributed by atoms with Gasteiger partial charge in [-0.05, 0) is 23.6 Å². The molecule has 0 saturated carbocycles. The van der Waals surface area contributed by atoms with Gasteiger partial charge in [0.2, 0.25) is 11.8 Å². The van der Waals surface area contributed by atoms with Crippen molar-refractivity contribution in [1.82, 2.24) is 4.90 Å². The standard InChI is InChI=1S/C17H20N2O4S/c18-16(20)10-12-11-22-8-7-19(12)17(21)6-4-13-3-5-14(23-13)15-2-1-9-24-15/h1-3,5,9,12H,4,6-8,10-11H2,(H2,18,20)/t12-/m0/s1. The molecule has 0 aromatic carbocycles. The number of furan rings is 1. The molecule has 7 heteroatoms. The smallest absolute Gasteiger partial charge is 0.223 e. The number of nitrogens with zero attached hydrogens (tertiary/aromatic N) is 1. The van der Waals surface area contributed by atoms with Crippen LogP contribution in [0.3, 0.4) is 0 Å². The van der Waals surface area contributed by atoms with Crippen molar-refractivity contribution in [3.8, 4) is 10.6 Å². The van der Waals surface area contributed by atoms with Gasteiger partial charge in [-0.3, -0.25) is 9.59 Å². The second kappa shape index (κ2) is 7.63. The van der Waals surface area contributed by atoms with Gasteiger partial charge in [-0.1, -0.05) is 6.07 Å². The Bertz CT molecular complexity index is 695. The highest BCUT2D eigenvalue weighted by Crippen LogP contribution is 2.27. The van der Waals surface area contributed by atoms with Crippen molar-refractivity contribution in [3.05, 3.63) is 35.4 Å². The van der Waals surface area contributed by atoms with E-state index in [1.807, 2.05) is 29.6 Å². The van der Waals surface area contributed by atoms with E-state index in [2.05, 4.69) is 0 Å². The van der Waals surface area contributed by atoms with Crippen molar-refractivity contribution >= 4 is 23.2 Å². The van der Waals surface area contributed by atoms with E-state index in [0.29, 0.717) is 32.6 Å². The lowest BCUT2D eigenvalue weighted by atomic mass is 10.1. The molecular weight excluding hydrogens is 328 g/mol. The maximum atomic E-state index is 12.5. The lowest BCUT2D eigenvalue weighted by Gasteiger charge is -2.35. The summed E-state index contributed by atoms with van der Waals surface area (Å²) in [5.41, 5.74) is 5.25. The van der Waals surface area contributed by atoms with Crippen molar-refractivity contribution < 1.29 is 18.7 Å². The van der Waals surface area contributed by atoms with Crippen LogP contribution in [-0.2, 0) is 20.7 Å². The largest absolute Gasteiger partial charge is 0.460 e. The molecule has 2 aromatic heterocycles. The molecule has 1 aliphatic rings. The Morgan fingerprint density at radius 2 is 2.21 bits per heavy atom. The highest BCUT2D eigenvalue weighted by molar-refractivity contribution is 7.13. The predicted octanol–water partition coefficient (Wildman–Crippen LogP) is 2.04. The molecule has 0 spiro atoms. The predicted molar refractivity (Wildman–Crippen MR) is 90.5 cm³/mol. The van der Waals surface area contributed by atoms with E-state index in [9.17, 15) is 9.59 Å². The second-order valence-corrected chi connectivity index (χ2v) is 6.68. The zero-order chi connectivity index (χ0) is 16.9. The average molecular weight is 348 g/mol. The minimum atomic E-state index is -0.421. The summed E-state index contributed by atoms with van der Waals surface area (Å²) in [5.74, 6) is 1.19. The van der Waals surface area contributed by atoms with Crippen LogP contribution in [0, 0.1) is 0 Å². The number of amides is 2. The van der Waals surface area contributed by atoms with Crippen LogP contribution in [0.4, 0.5) is 0 Å². The summed E-state index contributed by atoms with van der Waals surface area (Å²) < 4.78 is 11.1. The third kappa shape index (κ3) is 4.04. The zero-order valence-electron chi connectivity index (χ0n) is 13.3. The molecule has 0 aliphatic carbocycles. The molecule has 2 aromatic rings. The fourth-order valence-electron chi connectivity index (χ4n) is 2.82. The number of primary amides is 1. The number of carbonyl (C=O) groups is 2. The monoisotopic (exact) mass is 348 g/mol. The Balaban J connectivity index is 1.57. The Morgan fingerprint density at radius 1 is 1.33 bits per heavy atom. The second-order valence-electron chi connectivity index (χ2n) is 5.73. The molecule has 0 radical (unpaired) electrons. The van der Waals surface area contributed by atoms with Crippen LogP contribution in [0.25, 0.3) is 10.6 Å². The van der Waals surface area contributed by atoms with E-state index in [1.54, 1.807) is 16.2 Å². The van der Waals surface area contributed by atoms with Crippen molar-refractivity contribution in [2.45, 2.75) is 25.3 Å². The number of hydrogen-bond acceptors (Lipinski definition) is 5. The van der Waals surface area contributed by atoms with Gasteiger partial charge < -0.3 is 19.8 Å². The molecule has 1 saturated heterocycles. The molecule has 6 nitrogen and oxygen atoms in total. The first-order valence-electron chi connectivity index (χ1n) is 7.91. The summed E-state index contributed by atoms with van der Waals surface area (Å²) in [6, 6.07) is 7.55. The molecule has 128 valence electrons. The number of ether oxygens (including phenoxy) is 1. The van der Waals surface area contributed by atoms with Gasteiger partial charge in [0.1, 0.15) is 11.5 Å². The fraction of sp³-hybridized carbons (Fsp3) is 0.412. The molecule has 1 atom stereocenters. The summed E-state index contributed by atoms with van der Waals surface area (Å²) in [4.78, 5) is 26.4. The molecule has 1 aliphatic heterocycles. The van der Waals surface area contributed by atoms with Gasteiger partial charge >= 0.3 is 0 Å². The minimum Gasteiger partial charge on any atom is -0.460 e. The van der Waals surface area contributed by atoms with Crippen LogP contribution in [0.15, 0.2) is 34.1 Å². The lowest BCUT2D eigenvalue weighted by molar-refractivity contribution is -0.141. The highest BCUT2D eigenvalue weighted by atomic mass is 32.1. The molecule has 2 amide bonds. The van der Waals surface area contributed by atoms with E-state index >= 15 is 0 Å². The normalized spacial score (nSPS) is 17.8. The fourth-order valence-corrected chi connectivity index (χ4v) is 3.51. The number of aryl methyl sites for hydroxylation is 1. The summed E-state index contributed by atoms with van der Waals surface area (Å²) in [6.07, 6.45) is 1.01. The lowest BCUT2D eigenvalue weighted by Crippen LogP contribution is -2.50. The minimum absolute atomic E-state index is 0.00127. The van der Waals surface area contributed by atoms with Gasteiger partial charge in [-0.2, -0.15) is 0 Å². The van der Waals surface area contributed by atoms with Gasteiger partial charge in [-0.25, -0.2) is 0 Å². The van der Waals surface area contributed by atoms with Crippen molar-refractivity contribution in [1.29, 1.82) is 0 Å². The zero-order valence-corrected chi connectivity index (χ0v) is 14.1. The van der Waals surface area contributed by atoms with Gasteiger partial charge in [0, 0.05) is 25.8 Å². The number of carbonyl (C=O) groups excluding carboxylic acids is 2. The molecule has 0 bridgehead atoms. The number of nitrogens with two attached hydrogens (primary N) is 1. The van der Waals surface area contributed by atoms with Crippen LogP contribution in [0.5, 0.6) is 0 Å². The number of rotatable bonds is 6. The maximum absolute atomic E-state index is 12.5. The molecule has 1 fully saturated rings. The van der Waals surface area contributed by atoms with Crippen molar-refractivity contribution in [2.75, 3.05) is 19.8 Å². The summed E-state index contributed by atoms with van der Waals surface area (Å²) in [7, 11) is 0. The third-order valence-electron chi connectivity index (χ3n) is 4.00. The van der Waals surface area contributed by atoms with Gasteiger partial charge in [0.15, 0.2) is 0 Å². The van der Waals surface area contributed by atoms with Crippen LogP contribution >= 0.6 is 11.3 Å². The molecule has 0 unspecified atom stereocenters. The van der Waals surface area contributed by atoms with Crippen LogP contribution in [0.2, 0.25) is 0 Å². The van der Waals surface area contributed by atoms with Gasteiger partial charge in [0.25, 0.3) is 0 Å². The van der Waals surface area contributed by atoms with Crippen LogP contribution in [0.1, 0.15) is 18.6 Å². The molecule has 2 N–H and O–H groups in total. The van der Waals surface area contributed by atoms with E-state index in [0.717, 1.165) is 16.4 Å². The van der Waals surface area contributed by atoms with E-state index < -0.39 is 5.91 Å². The summed E-state index contributed by atoms with van der Waals surface area (Å²) in [6.45, 7) is 1.34. The highest BCUT2D eigenvalue weighted by Gasteiger charge is 2.28. The van der Waals surface area contributed by atoms with E-state index in [4.69, 9.17) is 14.9 Å². The van der Waals surface area contributed by atoms with E-state index in [-0.39, 0.29) is 18.4 Å². The Hall–Kier alpha value is -2.12. The first-order valence-corrected chi connectivity index (χ1v) is 8.79. The molecule has 24 heavy (non-hydrogen) atoms. The van der Waals surface area contributed by atoms with Crippen molar-refractivity contribution in [2.24, 2.45) is 5.73 Å². The summed E-state index contributed by atoms with van der Waals surface area (Å²) >= 11 is 1.62. The van der Waals surface area contributed by atoms with Crippen LogP contribution in [-0.4, -0.2) is 42.5 Å². The van der Waals surface area contributed by atoms with Crippen LogP contribution < -0.4 is 5.73 Å². The SMILES string of the molecule is NC(=O)C[C@H]1COCCN1C(=O)CCc1ccc(-c2cccs2)o1. The third-order valence-corrected chi connectivity index (χ3v) is 4.88. The topological polar surface area (TPSA) is 85.8 Å². The van der Waals surface area contributed by atoms with Crippen molar-refractivity contribution in [3.63, 3.8) is 0 Å². The number of thiophene rings is 1. The summed E-state index contributed by atoms with van der Waals surface area (Å²) in [5, 5.41) is 2.00. The Labute approximate surface area is 144 Å². The first-order chi connectivity index (χ1) is 11.6. The molecule has 3 rings (SSSR count). The maximum Gasteiger partial charge on any atom is 0.223 e. The molecule has 3 heterocycles. The van der Waals surface area contributed by atoms with E-state index in [1.165, 1.54) is 0 Å². The quantitative estimate of drug-likeness (QED) is 0.866. The molecular formula is C17H20N2O4S. The first kappa shape index (κ1) is 16.7. The average Bonchev–Trinajstić information content (AvgIpc) is 3.24.